The van der Waals surface area contributed by atoms with Gasteiger partial charge < -0.3 is 4.90 Å². The highest BCUT2D eigenvalue weighted by Gasteiger charge is 2.02. The van der Waals surface area contributed by atoms with Crippen LogP contribution in [0, 0.1) is 5.82 Å². The molecule has 0 atom stereocenters. The van der Waals surface area contributed by atoms with Crippen molar-refractivity contribution in [2.45, 2.75) is 0 Å². The van der Waals surface area contributed by atoms with E-state index in [1.165, 1.54) is 18.2 Å². The molecule has 0 radical (unpaired) electrons. The van der Waals surface area contributed by atoms with Crippen molar-refractivity contribution >= 4 is 29.4 Å². The molecule has 0 unspecified atom stereocenters. The molecule has 0 aliphatic carbocycles. The third kappa shape index (κ3) is 5.24. The number of ketones is 1. The quantitative estimate of drug-likeness (QED) is 0.323. The van der Waals surface area contributed by atoms with Crippen LogP contribution >= 0.6 is 0 Å². The molecule has 0 aromatic heterocycles. The first-order chi connectivity index (χ1) is 13.5. The molecule has 0 saturated carbocycles. The first kappa shape index (κ1) is 19.2. The second-order valence-electron chi connectivity index (χ2n) is 6.54. The Morgan fingerprint density at radius 3 is 2.07 bits per heavy atom. The Balaban J connectivity index is 1.63. The molecule has 0 N–H and O–H groups in total. The largest absolute Gasteiger partial charge is 0.378 e. The number of nitrogens with zero attached hydrogens (tertiary/aromatic N) is 2. The molecule has 0 saturated heterocycles. The molecule has 0 aliphatic heterocycles. The molecule has 0 aliphatic rings. The van der Waals surface area contributed by atoms with Gasteiger partial charge in [-0.3, -0.25) is 9.79 Å². The summed E-state index contributed by atoms with van der Waals surface area (Å²) in [7, 11) is 4.00. The predicted molar refractivity (Wildman–Crippen MR) is 114 cm³/mol. The summed E-state index contributed by atoms with van der Waals surface area (Å²) in [5.74, 6) is -0.410. The average Bonchev–Trinajstić information content (AvgIpc) is 2.72. The monoisotopic (exact) mass is 372 g/mol. The zero-order chi connectivity index (χ0) is 19.9. The molecule has 0 amide bonds. The van der Waals surface area contributed by atoms with Gasteiger partial charge in [0, 0.05) is 31.6 Å². The van der Waals surface area contributed by atoms with Crippen LogP contribution in [0.3, 0.4) is 0 Å². The third-order valence-electron chi connectivity index (χ3n) is 4.22. The van der Waals surface area contributed by atoms with Gasteiger partial charge in [-0.05, 0) is 65.7 Å². The Labute approximate surface area is 164 Å². The maximum atomic E-state index is 12.9. The third-order valence-corrected chi connectivity index (χ3v) is 4.22. The lowest BCUT2D eigenvalue weighted by Gasteiger charge is -2.11. The van der Waals surface area contributed by atoms with Crippen molar-refractivity contribution in [3.05, 3.63) is 101 Å². The molecule has 0 fully saturated rings. The number of allylic oxidation sites excluding steroid dienone is 1. The Morgan fingerprint density at radius 2 is 1.46 bits per heavy atom. The fourth-order valence-electron chi connectivity index (χ4n) is 2.56. The minimum Gasteiger partial charge on any atom is -0.378 e. The SMILES string of the molecule is CN(C)c1ccc(C=Nc2ccc(C(=O)C=Cc3ccc(F)cc3)cc2)cc1. The number of hydrogen-bond acceptors (Lipinski definition) is 3. The minimum atomic E-state index is -0.298. The van der Waals surface area contributed by atoms with Crippen LogP contribution in [0.15, 0.2) is 83.9 Å². The Hall–Kier alpha value is -3.53. The number of rotatable bonds is 6. The summed E-state index contributed by atoms with van der Waals surface area (Å²) in [6, 6.07) is 21.2. The van der Waals surface area contributed by atoms with Gasteiger partial charge in [-0.1, -0.05) is 30.3 Å². The van der Waals surface area contributed by atoms with Crippen LogP contribution in [0.4, 0.5) is 15.8 Å². The topological polar surface area (TPSA) is 32.7 Å². The van der Waals surface area contributed by atoms with Gasteiger partial charge in [-0.2, -0.15) is 0 Å². The van der Waals surface area contributed by atoms with E-state index in [1.807, 2.05) is 55.4 Å². The Morgan fingerprint density at radius 1 is 0.857 bits per heavy atom. The van der Waals surface area contributed by atoms with Crippen molar-refractivity contribution in [3.8, 4) is 0 Å². The van der Waals surface area contributed by atoms with Gasteiger partial charge in [0.15, 0.2) is 5.78 Å². The molecule has 3 nitrogen and oxygen atoms in total. The van der Waals surface area contributed by atoms with E-state index < -0.39 is 0 Å². The summed E-state index contributed by atoms with van der Waals surface area (Å²) >= 11 is 0. The highest BCUT2D eigenvalue weighted by molar-refractivity contribution is 6.07. The van der Waals surface area contributed by atoms with E-state index in [9.17, 15) is 9.18 Å². The Bertz CT molecular complexity index is 986. The molecule has 4 heteroatoms. The van der Waals surface area contributed by atoms with E-state index in [2.05, 4.69) is 4.99 Å². The van der Waals surface area contributed by atoms with Gasteiger partial charge in [-0.15, -0.1) is 0 Å². The zero-order valence-corrected chi connectivity index (χ0v) is 15.8. The van der Waals surface area contributed by atoms with Gasteiger partial charge in [0.1, 0.15) is 5.82 Å². The lowest BCUT2D eigenvalue weighted by atomic mass is 10.1. The normalized spacial score (nSPS) is 11.2. The van der Waals surface area contributed by atoms with E-state index in [0.29, 0.717) is 5.56 Å². The number of halogens is 1. The van der Waals surface area contributed by atoms with Crippen molar-refractivity contribution in [2.24, 2.45) is 4.99 Å². The number of benzene rings is 3. The summed E-state index contributed by atoms with van der Waals surface area (Å²) in [6.07, 6.45) is 4.95. The molecule has 0 bridgehead atoms. The fraction of sp³-hybridized carbons (Fsp3) is 0.0833. The molecular formula is C24H21FN2O. The van der Waals surface area contributed by atoms with Gasteiger partial charge in [0.25, 0.3) is 0 Å². The zero-order valence-electron chi connectivity index (χ0n) is 15.8. The summed E-state index contributed by atoms with van der Waals surface area (Å²) in [4.78, 5) is 18.8. The predicted octanol–water partition coefficient (Wildman–Crippen LogP) is 5.54. The molecule has 0 heterocycles. The van der Waals surface area contributed by atoms with E-state index in [-0.39, 0.29) is 11.6 Å². The highest BCUT2D eigenvalue weighted by atomic mass is 19.1. The van der Waals surface area contributed by atoms with Crippen LogP contribution in [-0.4, -0.2) is 26.1 Å². The smallest absolute Gasteiger partial charge is 0.185 e. The number of carbonyl (C=O) groups excluding carboxylic acids is 1. The van der Waals surface area contributed by atoms with Gasteiger partial charge in [-0.25, -0.2) is 4.39 Å². The van der Waals surface area contributed by atoms with Crippen molar-refractivity contribution in [2.75, 3.05) is 19.0 Å². The van der Waals surface area contributed by atoms with Crippen molar-refractivity contribution < 1.29 is 9.18 Å². The molecule has 3 rings (SSSR count). The lowest BCUT2D eigenvalue weighted by Crippen LogP contribution is -2.08. The summed E-state index contributed by atoms with van der Waals surface area (Å²) < 4.78 is 12.9. The van der Waals surface area contributed by atoms with Crippen molar-refractivity contribution in [3.63, 3.8) is 0 Å². The summed E-state index contributed by atoms with van der Waals surface area (Å²) in [5.41, 5.74) is 4.27. The second kappa shape index (κ2) is 8.91. The van der Waals surface area contributed by atoms with Gasteiger partial charge in [0.05, 0.1) is 5.69 Å². The first-order valence-electron chi connectivity index (χ1n) is 8.91. The molecule has 3 aromatic rings. The first-order valence-corrected chi connectivity index (χ1v) is 8.91. The van der Waals surface area contributed by atoms with Crippen LogP contribution in [0.1, 0.15) is 21.5 Å². The van der Waals surface area contributed by atoms with Crippen molar-refractivity contribution in [1.29, 1.82) is 0 Å². The van der Waals surface area contributed by atoms with E-state index >= 15 is 0 Å². The average molecular weight is 372 g/mol. The molecular weight excluding hydrogens is 351 g/mol. The lowest BCUT2D eigenvalue weighted by molar-refractivity contribution is 0.104. The van der Waals surface area contributed by atoms with Crippen LogP contribution in [0.2, 0.25) is 0 Å². The van der Waals surface area contributed by atoms with E-state index in [1.54, 1.807) is 36.6 Å². The number of anilines is 1. The van der Waals surface area contributed by atoms with Gasteiger partial charge in [0.2, 0.25) is 0 Å². The second-order valence-corrected chi connectivity index (χ2v) is 6.54. The Kier molecular flexibility index (Phi) is 6.12. The molecule has 140 valence electrons. The van der Waals surface area contributed by atoms with Gasteiger partial charge >= 0.3 is 0 Å². The maximum Gasteiger partial charge on any atom is 0.185 e. The van der Waals surface area contributed by atoms with Crippen LogP contribution in [0.5, 0.6) is 0 Å². The highest BCUT2D eigenvalue weighted by Crippen LogP contribution is 2.16. The fourth-order valence-corrected chi connectivity index (χ4v) is 2.56. The van der Waals surface area contributed by atoms with E-state index in [0.717, 1.165) is 22.5 Å². The maximum absolute atomic E-state index is 12.9. The number of carbonyl (C=O) groups is 1. The summed E-state index contributed by atoms with van der Waals surface area (Å²) in [5, 5.41) is 0. The number of aliphatic imine (C=N–C) groups is 1. The minimum absolute atomic E-state index is 0.112. The summed E-state index contributed by atoms with van der Waals surface area (Å²) in [6.45, 7) is 0. The molecule has 0 spiro atoms. The number of hydrogen-bond donors (Lipinski definition) is 0. The van der Waals surface area contributed by atoms with E-state index in [4.69, 9.17) is 0 Å². The standard InChI is InChI=1S/C24H21FN2O/c1-27(2)23-14-5-19(6-15-23)17-26-22-12-8-20(9-13-22)24(28)16-7-18-3-10-21(25)11-4-18/h3-17H,1-2H3. The molecule has 3 aromatic carbocycles. The van der Waals surface area contributed by atoms with Crippen LogP contribution in [-0.2, 0) is 0 Å². The van der Waals surface area contributed by atoms with Crippen LogP contribution < -0.4 is 4.90 Å². The van der Waals surface area contributed by atoms with Crippen molar-refractivity contribution in [1.82, 2.24) is 0 Å². The van der Waals surface area contributed by atoms with Crippen LogP contribution in [0.25, 0.3) is 6.08 Å². The molecule has 28 heavy (non-hydrogen) atoms.